The molecule has 0 saturated heterocycles. The van der Waals surface area contributed by atoms with Gasteiger partial charge in [0.05, 0.1) is 0 Å². The van der Waals surface area contributed by atoms with Gasteiger partial charge in [-0.3, -0.25) is 4.98 Å². The molecule has 1 aromatic heterocycles. The van der Waals surface area contributed by atoms with E-state index in [9.17, 15) is 4.39 Å². The molecular weight excluding hydrogens is 283 g/mol. The van der Waals surface area contributed by atoms with Crippen molar-refractivity contribution in [1.29, 1.82) is 0 Å². The first kappa shape index (κ1) is 14.4. The number of benzene rings is 1. The van der Waals surface area contributed by atoms with Crippen molar-refractivity contribution in [3.05, 3.63) is 53.6 Å². The molecule has 0 amide bonds. The van der Waals surface area contributed by atoms with E-state index >= 15 is 0 Å². The first-order valence-corrected chi connectivity index (χ1v) is 8.30. The van der Waals surface area contributed by atoms with Crippen molar-refractivity contribution >= 4 is 17.4 Å². The van der Waals surface area contributed by atoms with Crippen LogP contribution in [0, 0.1) is 12.7 Å². The van der Waals surface area contributed by atoms with Gasteiger partial charge in [-0.1, -0.05) is 6.07 Å². The van der Waals surface area contributed by atoms with Gasteiger partial charge in [-0.15, -0.1) is 11.8 Å². The average molecular weight is 302 g/mol. The summed E-state index contributed by atoms with van der Waals surface area (Å²) in [7, 11) is 0. The van der Waals surface area contributed by atoms with Crippen molar-refractivity contribution < 1.29 is 4.39 Å². The third kappa shape index (κ3) is 3.21. The molecule has 1 aromatic carbocycles. The number of aromatic nitrogens is 1. The number of fused-ring (bicyclic) bond motifs is 1. The number of pyridine rings is 1. The van der Waals surface area contributed by atoms with Crippen LogP contribution in [-0.2, 0) is 6.42 Å². The molecule has 0 fully saturated rings. The van der Waals surface area contributed by atoms with Gasteiger partial charge in [0, 0.05) is 47.4 Å². The molecule has 3 rings (SSSR count). The van der Waals surface area contributed by atoms with Crippen LogP contribution < -0.4 is 4.90 Å². The highest BCUT2D eigenvalue weighted by Gasteiger charge is 2.20. The van der Waals surface area contributed by atoms with Gasteiger partial charge >= 0.3 is 0 Å². The van der Waals surface area contributed by atoms with Gasteiger partial charge in [-0.25, -0.2) is 4.39 Å². The molecule has 0 atom stereocenters. The third-order valence-corrected chi connectivity index (χ3v) is 4.88. The molecule has 0 spiro atoms. The molecule has 2 heterocycles. The van der Waals surface area contributed by atoms with E-state index < -0.39 is 0 Å². The Labute approximate surface area is 129 Å². The van der Waals surface area contributed by atoms with Crippen molar-refractivity contribution in [2.45, 2.75) is 24.7 Å². The summed E-state index contributed by atoms with van der Waals surface area (Å²) in [6.45, 7) is 3.81. The summed E-state index contributed by atoms with van der Waals surface area (Å²) >= 11 is 1.82. The Kier molecular flexibility index (Phi) is 4.44. The molecule has 2 aromatic rings. The molecule has 4 heteroatoms. The molecule has 0 N–H and O–H groups in total. The normalized spacial score (nSPS) is 14.1. The predicted molar refractivity (Wildman–Crippen MR) is 86.6 cm³/mol. The zero-order valence-corrected chi connectivity index (χ0v) is 13.0. The molecule has 2 nitrogen and oxygen atoms in total. The number of rotatable bonds is 4. The zero-order valence-electron chi connectivity index (χ0n) is 12.2. The second-order valence-corrected chi connectivity index (χ2v) is 6.48. The summed E-state index contributed by atoms with van der Waals surface area (Å²) in [4.78, 5) is 7.57. The fourth-order valence-electron chi connectivity index (χ4n) is 2.77. The molecule has 21 heavy (non-hydrogen) atoms. The topological polar surface area (TPSA) is 16.1 Å². The van der Waals surface area contributed by atoms with E-state index in [1.54, 1.807) is 0 Å². The number of aryl methyl sites for hydroxylation is 1. The number of anilines is 1. The summed E-state index contributed by atoms with van der Waals surface area (Å²) in [6.07, 6.45) is 5.53. The van der Waals surface area contributed by atoms with Crippen molar-refractivity contribution in [3.8, 4) is 0 Å². The number of halogens is 1. The quantitative estimate of drug-likeness (QED) is 0.792. The van der Waals surface area contributed by atoms with Crippen LogP contribution in [0.25, 0.3) is 0 Å². The van der Waals surface area contributed by atoms with Gasteiger partial charge in [0.15, 0.2) is 0 Å². The van der Waals surface area contributed by atoms with E-state index in [4.69, 9.17) is 0 Å². The second kappa shape index (κ2) is 6.48. The van der Waals surface area contributed by atoms with Gasteiger partial charge in [0.1, 0.15) is 5.82 Å². The molecule has 0 aliphatic carbocycles. The lowest BCUT2D eigenvalue weighted by Crippen LogP contribution is -2.32. The van der Waals surface area contributed by atoms with Crippen molar-refractivity contribution in [3.63, 3.8) is 0 Å². The summed E-state index contributed by atoms with van der Waals surface area (Å²) in [5.41, 5.74) is 2.73. The number of nitrogens with zero attached hydrogens (tertiary/aromatic N) is 2. The number of hydrogen-bond acceptors (Lipinski definition) is 3. The molecule has 1 aliphatic heterocycles. The van der Waals surface area contributed by atoms with Crippen LogP contribution in [-0.4, -0.2) is 23.8 Å². The van der Waals surface area contributed by atoms with Crippen LogP contribution in [0.1, 0.15) is 17.5 Å². The third-order valence-electron chi connectivity index (χ3n) is 3.89. The minimum absolute atomic E-state index is 0.0148. The number of thioether (sulfide) groups is 1. The first-order chi connectivity index (χ1) is 10.3. The van der Waals surface area contributed by atoms with Crippen molar-refractivity contribution in [2.24, 2.45) is 0 Å². The molecule has 1 aliphatic rings. The average Bonchev–Trinajstić information content (AvgIpc) is 2.52. The van der Waals surface area contributed by atoms with Crippen LogP contribution in [0.15, 0.2) is 41.6 Å². The van der Waals surface area contributed by atoms with Gasteiger partial charge in [0.25, 0.3) is 0 Å². The minimum Gasteiger partial charge on any atom is -0.370 e. The van der Waals surface area contributed by atoms with E-state index in [1.165, 1.54) is 4.90 Å². The SMILES string of the molecule is Cc1ccc2c(c1F)CCCN2CCSc1ccncc1. The van der Waals surface area contributed by atoms with Crippen LogP contribution in [0.5, 0.6) is 0 Å². The van der Waals surface area contributed by atoms with E-state index in [-0.39, 0.29) is 5.82 Å². The highest BCUT2D eigenvalue weighted by Crippen LogP contribution is 2.31. The monoisotopic (exact) mass is 302 g/mol. The maximum Gasteiger partial charge on any atom is 0.131 e. The highest BCUT2D eigenvalue weighted by atomic mass is 32.2. The van der Waals surface area contributed by atoms with E-state index in [0.717, 1.165) is 48.5 Å². The van der Waals surface area contributed by atoms with Gasteiger partial charge in [0.2, 0.25) is 0 Å². The molecule has 0 saturated carbocycles. The fourth-order valence-corrected chi connectivity index (χ4v) is 3.63. The van der Waals surface area contributed by atoms with Crippen LogP contribution >= 0.6 is 11.8 Å². The Balaban J connectivity index is 1.67. The lowest BCUT2D eigenvalue weighted by Gasteiger charge is -2.31. The Morgan fingerprint density at radius 1 is 1.24 bits per heavy atom. The maximum atomic E-state index is 14.2. The largest absolute Gasteiger partial charge is 0.370 e. The van der Waals surface area contributed by atoms with E-state index in [1.807, 2.05) is 49.3 Å². The molecule has 0 bridgehead atoms. The zero-order chi connectivity index (χ0) is 14.7. The predicted octanol–water partition coefficient (Wildman–Crippen LogP) is 4.07. The Bertz CT molecular complexity index is 616. The second-order valence-electron chi connectivity index (χ2n) is 5.32. The standard InChI is InChI=1S/C17H19FN2S/c1-13-4-5-16-15(17(13)18)3-2-10-20(16)11-12-21-14-6-8-19-9-7-14/h4-9H,2-3,10-12H2,1H3. The fraction of sp³-hybridized carbons (Fsp3) is 0.353. The molecular formula is C17H19FN2S. The Morgan fingerprint density at radius 3 is 2.86 bits per heavy atom. The van der Waals surface area contributed by atoms with Crippen LogP contribution in [0.2, 0.25) is 0 Å². The Hall–Kier alpha value is -1.55. The first-order valence-electron chi connectivity index (χ1n) is 7.31. The van der Waals surface area contributed by atoms with Crippen molar-refractivity contribution in [2.75, 3.05) is 23.7 Å². The van der Waals surface area contributed by atoms with Crippen LogP contribution in [0.4, 0.5) is 10.1 Å². The molecule has 0 unspecified atom stereocenters. The number of hydrogen-bond donors (Lipinski definition) is 0. The van der Waals surface area contributed by atoms with Crippen LogP contribution in [0.3, 0.4) is 0 Å². The summed E-state index contributed by atoms with van der Waals surface area (Å²) in [5, 5.41) is 0. The van der Waals surface area contributed by atoms with Gasteiger partial charge in [-0.05, 0) is 43.5 Å². The minimum atomic E-state index is -0.0148. The summed E-state index contributed by atoms with van der Waals surface area (Å²) < 4.78 is 14.2. The van der Waals surface area contributed by atoms with E-state index in [0.29, 0.717) is 0 Å². The molecule has 110 valence electrons. The smallest absolute Gasteiger partial charge is 0.131 e. The van der Waals surface area contributed by atoms with Gasteiger partial charge < -0.3 is 4.90 Å². The molecule has 0 radical (unpaired) electrons. The maximum absolute atomic E-state index is 14.2. The highest BCUT2D eigenvalue weighted by molar-refractivity contribution is 7.99. The lowest BCUT2D eigenvalue weighted by atomic mass is 9.99. The lowest BCUT2D eigenvalue weighted by molar-refractivity contribution is 0.582. The van der Waals surface area contributed by atoms with Crippen molar-refractivity contribution in [1.82, 2.24) is 4.98 Å². The summed E-state index contributed by atoms with van der Waals surface area (Å²) in [6, 6.07) is 8.02. The van der Waals surface area contributed by atoms with Gasteiger partial charge in [-0.2, -0.15) is 0 Å². The summed E-state index contributed by atoms with van der Waals surface area (Å²) in [5.74, 6) is 0.984. The van der Waals surface area contributed by atoms with E-state index in [2.05, 4.69) is 16.0 Å². The Morgan fingerprint density at radius 2 is 2.05 bits per heavy atom.